The zero-order valence-corrected chi connectivity index (χ0v) is 12.5. The van der Waals surface area contributed by atoms with Gasteiger partial charge in [-0.15, -0.1) is 0 Å². The zero-order chi connectivity index (χ0) is 16.4. The molecule has 0 fully saturated rings. The zero-order valence-electron chi connectivity index (χ0n) is 12.5. The molecule has 3 aromatic rings. The Morgan fingerprint density at radius 3 is 2.43 bits per heavy atom. The van der Waals surface area contributed by atoms with Crippen LogP contribution in [0.25, 0.3) is 10.8 Å². The van der Waals surface area contributed by atoms with Gasteiger partial charge in [0.2, 0.25) is 5.76 Å². The van der Waals surface area contributed by atoms with Crippen LogP contribution in [0.2, 0.25) is 0 Å². The van der Waals surface area contributed by atoms with E-state index in [1.807, 2.05) is 31.2 Å². The Labute approximate surface area is 132 Å². The predicted octanol–water partition coefficient (Wildman–Crippen LogP) is 2.74. The van der Waals surface area contributed by atoms with E-state index in [2.05, 4.69) is 5.32 Å². The maximum atomic E-state index is 12.2. The molecule has 0 aliphatic rings. The number of amides is 1. The van der Waals surface area contributed by atoms with Crippen molar-refractivity contribution in [3.63, 3.8) is 0 Å². The van der Waals surface area contributed by atoms with Crippen LogP contribution in [0.1, 0.15) is 21.7 Å². The topological polar surface area (TPSA) is 79.5 Å². The van der Waals surface area contributed by atoms with E-state index in [9.17, 15) is 14.7 Å². The van der Waals surface area contributed by atoms with E-state index in [1.54, 1.807) is 18.2 Å². The summed E-state index contributed by atoms with van der Waals surface area (Å²) in [6.45, 7) is 2.25. The van der Waals surface area contributed by atoms with Gasteiger partial charge in [-0.1, -0.05) is 48.0 Å². The summed E-state index contributed by atoms with van der Waals surface area (Å²) in [5.74, 6) is -1.34. The van der Waals surface area contributed by atoms with Gasteiger partial charge in [-0.2, -0.15) is 0 Å². The van der Waals surface area contributed by atoms with E-state index in [-0.39, 0.29) is 23.4 Å². The van der Waals surface area contributed by atoms with E-state index in [0.717, 1.165) is 11.1 Å². The molecular formula is C18H15NO4. The van der Waals surface area contributed by atoms with Crippen molar-refractivity contribution < 1.29 is 14.3 Å². The lowest BCUT2D eigenvalue weighted by atomic mass is 10.1. The highest BCUT2D eigenvalue weighted by Gasteiger charge is 2.19. The van der Waals surface area contributed by atoms with Crippen molar-refractivity contribution in [2.75, 3.05) is 0 Å². The molecule has 2 aromatic carbocycles. The van der Waals surface area contributed by atoms with Crippen molar-refractivity contribution in [3.8, 4) is 5.75 Å². The molecule has 0 unspecified atom stereocenters. The Hall–Kier alpha value is -3.08. The van der Waals surface area contributed by atoms with Crippen LogP contribution in [0.4, 0.5) is 0 Å². The smallest absolute Gasteiger partial charge is 0.344 e. The second-order valence-corrected chi connectivity index (χ2v) is 5.28. The van der Waals surface area contributed by atoms with Crippen molar-refractivity contribution in [1.29, 1.82) is 0 Å². The molecule has 0 saturated heterocycles. The first-order chi connectivity index (χ1) is 11.1. The van der Waals surface area contributed by atoms with Crippen LogP contribution in [0.3, 0.4) is 0 Å². The fourth-order valence-electron chi connectivity index (χ4n) is 2.31. The number of carbonyl (C=O) groups excluding carboxylic acids is 1. The van der Waals surface area contributed by atoms with Gasteiger partial charge in [-0.25, -0.2) is 4.79 Å². The lowest BCUT2D eigenvalue weighted by Gasteiger charge is -2.07. The Balaban J connectivity index is 1.87. The summed E-state index contributed by atoms with van der Waals surface area (Å²) in [7, 11) is 0. The van der Waals surface area contributed by atoms with Crippen molar-refractivity contribution in [2.24, 2.45) is 0 Å². The number of hydrogen-bond donors (Lipinski definition) is 2. The van der Waals surface area contributed by atoms with Crippen molar-refractivity contribution >= 4 is 16.7 Å². The lowest BCUT2D eigenvalue weighted by molar-refractivity contribution is 0.0914. The van der Waals surface area contributed by atoms with Gasteiger partial charge in [0.25, 0.3) is 5.91 Å². The summed E-state index contributed by atoms with van der Waals surface area (Å²) in [6, 6.07) is 14.1. The Morgan fingerprint density at radius 2 is 1.74 bits per heavy atom. The molecule has 0 aliphatic carbocycles. The summed E-state index contributed by atoms with van der Waals surface area (Å²) >= 11 is 0. The Bertz CT molecular complexity index is 926. The molecule has 0 saturated carbocycles. The van der Waals surface area contributed by atoms with E-state index < -0.39 is 11.5 Å². The molecule has 23 heavy (non-hydrogen) atoms. The van der Waals surface area contributed by atoms with E-state index in [4.69, 9.17) is 4.42 Å². The first kappa shape index (κ1) is 14.8. The number of carbonyl (C=O) groups is 1. The monoisotopic (exact) mass is 309 g/mol. The van der Waals surface area contributed by atoms with Crippen LogP contribution >= 0.6 is 0 Å². The van der Waals surface area contributed by atoms with Gasteiger partial charge < -0.3 is 14.8 Å². The summed E-state index contributed by atoms with van der Waals surface area (Å²) in [5.41, 5.74) is 1.38. The molecule has 0 atom stereocenters. The third-order valence-corrected chi connectivity index (χ3v) is 3.59. The molecule has 3 rings (SSSR count). The van der Waals surface area contributed by atoms with Gasteiger partial charge in [-0.3, -0.25) is 4.79 Å². The molecule has 1 aromatic heterocycles. The first-order valence-corrected chi connectivity index (χ1v) is 7.15. The van der Waals surface area contributed by atoms with Crippen LogP contribution < -0.4 is 10.9 Å². The highest BCUT2D eigenvalue weighted by atomic mass is 16.4. The predicted molar refractivity (Wildman–Crippen MR) is 86.5 cm³/mol. The number of fused-ring (bicyclic) bond motifs is 1. The highest BCUT2D eigenvalue weighted by Crippen LogP contribution is 2.25. The molecule has 116 valence electrons. The largest absolute Gasteiger partial charge is 0.504 e. The number of benzene rings is 2. The standard InChI is InChI=1S/C18H15NO4/c1-11-6-8-12(9-7-11)10-19-17(21)16-15(20)13-4-2-3-5-14(13)18(22)23-16/h2-9,20H,10H2,1H3,(H,19,21). The van der Waals surface area contributed by atoms with Gasteiger partial charge in [0, 0.05) is 11.9 Å². The Kier molecular flexibility index (Phi) is 3.85. The van der Waals surface area contributed by atoms with Crippen LogP contribution in [-0.2, 0) is 6.54 Å². The second-order valence-electron chi connectivity index (χ2n) is 5.28. The average molecular weight is 309 g/mol. The van der Waals surface area contributed by atoms with Crippen LogP contribution in [0, 0.1) is 6.92 Å². The maximum Gasteiger partial charge on any atom is 0.344 e. The first-order valence-electron chi connectivity index (χ1n) is 7.15. The molecule has 0 spiro atoms. The van der Waals surface area contributed by atoms with E-state index >= 15 is 0 Å². The number of nitrogens with one attached hydrogen (secondary N) is 1. The molecule has 1 heterocycles. The molecule has 0 aliphatic heterocycles. The molecule has 2 N–H and O–H groups in total. The van der Waals surface area contributed by atoms with Gasteiger partial charge in [0.15, 0.2) is 5.75 Å². The number of hydrogen-bond acceptors (Lipinski definition) is 4. The fourth-order valence-corrected chi connectivity index (χ4v) is 2.31. The number of aryl methyl sites for hydroxylation is 1. The molecule has 5 heteroatoms. The van der Waals surface area contributed by atoms with E-state index in [0.29, 0.717) is 5.39 Å². The normalized spacial score (nSPS) is 10.7. The van der Waals surface area contributed by atoms with Gasteiger partial charge in [0.1, 0.15) is 0 Å². The maximum absolute atomic E-state index is 12.2. The van der Waals surface area contributed by atoms with Gasteiger partial charge >= 0.3 is 5.63 Å². The number of rotatable bonds is 3. The number of aromatic hydroxyl groups is 1. The quantitative estimate of drug-likeness (QED) is 0.779. The summed E-state index contributed by atoms with van der Waals surface area (Å²) in [6.07, 6.45) is 0. The summed E-state index contributed by atoms with van der Waals surface area (Å²) < 4.78 is 4.97. The third-order valence-electron chi connectivity index (χ3n) is 3.59. The minimum atomic E-state index is -0.654. The third kappa shape index (κ3) is 2.94. The van der Waals surface area contributed by atoms with Crippen molar-refractivity contribution in [3.05, 3.63) is 75.8 Å². The van der Waals surface area contributed by atoms with Crippen molar-refractivity contribution in [1.82, 2.24) is 5.32 Å². The SMILES string of the molecule is Cc1ccc(CNC(=O)c2oc(=O)c3ccccc3c2O)cc1. The summed E-state index contributed by atoms with van der Waals surface area (Å²) in [5, 5.41) is 13.4. The molecular weight excluding hydrogens is 294 g/mol. The molecule has 5 nitrogen and oxygen atoms in total. The second kappa shape index (κ2) is 5.96. The average Bonchev–Trinajstić information content (AvgIpc) is 2.57. The van der Waals surface area contributed by atoms with E-state index in [1.165, 1.54) is 6.07 Å². The van der Waals surface area contributed by atoms with Gasteiger partial charge in [-0.05, 0) is 18.6 Å². The minimum absolute atomic E-state index is 0.236. The highest BCUT2D eigenvalue weighted by molar-refractivity contribution is 6.00. The van der Waals surface area contributed by atoms with Crippen molar-refractivity contribution in [2.45, 2.75) is 13.5 Å². The lowest BCUT2D eigenvalue weighted by Crippen LogP contribution is -2.24. The van der Waals surface area contributed by atoms with Gasteiger partial charge in [0.05, 0.1) is 5.39 Å². The molecule has 0 radical (unpaired) electrons. The minimum Gasteiger partial charge on any atom is -0.504 e. The Morgan fingerprint density at radius 1 is 1.09 bits per heavy atom. The molecule has 0 bridgehead atoms. The molecule has 1 amide bonds. The van der Waals surface area contributed by atoms with Crippen LogP contribution in [0.5, 0.6) is 5.75 Å². The summed E-state index contributed by atoms with van der Waals surface area (Å²) in [4.78, 5) is 24.1. The van der Waals surface area contributed by atoms with Crippen LogP contribution in [-0.4, -0.2) is 11.0 Å². The fraction of sp³-hybridized carbons (Fsp3) is 0.111. The van der Waals surface area contributed by atoms with Crippen LogP contribution in [0.15, 0.2) is 57.7 Å².